The normalized spacial score (nSPS) is 16.8. The van der Waals surface area contributed by atoms with Gasteiger partial charge in [0.2, 0.25) is 0 Å². The maximum atomic E-state index is 13.8. The number of benzene rings is 1. The lowest BCUT2D eigenvalue weighted by atomic mass is 9.78. The van der Waals surface area contributed by atoms with Gasteiger partial charge in [-0.05, 0) is 37.5 Å². The standard InChI is InChI=1S/C14H15FO3/c1-9-11(15)7-10(8-12(9)18-2)14(13(16)17)5-3-4-6-14/h3-4,7-8H,5-6H2,1-2H3,(H,16,17). The molecule has 0 saturated heterocycles. The summed E-state index contributed by atoms with van der Waals surface area (Å²) in [5.41, 5.74) is -0.199. The van der Waals surface area contributed by atoms with E-state index in [9.17, 15) is 14.3 Å². The highest BCUT2D eigenvalue weighted by atomic mass is 19.1. The summed E-state index contributed by atoms with van der Waals surface area (Å²) in [6.45, 7) is 1.61. The molecule has 1 aromatic rings. The predicted molar refractivity (Wildman–Crippen MR) is 65.4 cm³/mol. The van der Waals surface area contributed by atoms with Gasteiger partial charge in [0.15, 0.2) is 0 Å². The van der Waals surface area contributed by atoms with Crippen LogP contribution < -0.4 is 4.74 Å². The second-order valence-corrected chi connectivity index (χ2v) is 4.55. The number of aliphatic carboxylic acids is 1. The highest BCUT2D eigenvalue weighted by Crippen LogP contribution is 2.40. The lowest BCUT2D eigenvalue weighted by Gasteiger charge is -2.25. The fourth-order valence-electron chi connectivity index (χ4n) is 2.33. The summed E-state index contributed by atoms with van der Waals surface area (Å²) in [5, 5.41) is 9.44. The molecule has 96 valence electrons. The molecular weight excluding hydrogens is 235 g/mol. The zero-order valence-corrected chi connectivity index (χ0v) is 10.4. The summed E-state index contributed by atoms with van der Waals surface area (Å²) in [6, 6.07) is 2.93. The second kappa shape index (κ2) is 4.44. The number of methoxy groups -OCH3 is 1. The van der Waals surface area contributed by atoms with E-state index in [1.54, 1.807) is 13.0 Å². The van der Waals surface area contributed by atoms with Gasteiger partial charge in [0.25, 0.3) is 0 Å². The third kappa shape index (κ3) is 1.78. The van der Waals surface area contributed by atoms with E-state index in [4.69, 9.17) is 4.74 Å². The van der Waals surface area contributed by atoms with Gasteiger partial charge in [-0.3, -0.25) is 4.79 Å². The Morgan fingerprint density at radius 1 is 1.39 bits per heavy atom. The number of ether oxygens (including phenoxy) is 1. The average molecular weight is 250 g/mol. The minimum absolute atomic E-state index is 0.383. The molecule has 1 N–H and O–H groups in total. The first-order chi connectivity index (χ1) is 8.51. The maximum absolute atomic E-state index is 13.8. The Morgan fingerprint density at radius 2 is 2.00 bits per heavy atom. The van der Waals surface area contributed by atoms with Crippen molar-refractivity contribution in [3.05, 3.63) is 41.2 Å². The molecule has 0 heterocycles. The molecule has 3 nitrogen and oxygen atoms in total. The first-order valence-electron chi connectivity index (χ1n) is 5.74. The Labute approximate surface area is 105 Å². The molecule has 0 unspecified atom stereocenters. The zero-order valence-electron chi connectivity index (χ0n) is 10.4. The molecule has 2 rings (SSSR count). The van der Waals surface area contributed by atoms with Crippen LogP contribution in [0, 0.1) is 12.7 Å². The molecule has 4 heteroatoms. The van der Waals surface area contributed by atoms with E-state index in [0.29, 0.717) is 29.7 Å². The fourth-order valence-corrected chi connectivity index (χ4v) is 2.33. The topological polar surface area (TPSA) is 46.5 Å². The molecule has 1 aromatic carbocycles. The van der Waals surface area contributed by atoms with Crippen molar-refractivity contribution in [2.24, 2.45) is 0 Å². The number of halogens is 1. The van der Waals surface area contributed by atoms with Gasteiger partial charge in [0, 0.05) is 5.56 Å². The van der Waals surface area contributed by atoms with Gasteiger partial charge < -0.3 is 9.84 Å². The quantitative estimate of drug-likeness (QED) is 0.839. The van der Waals surface area contributed by atoms with Crippen molar-refractivity contribution in [3.63, 3.8) is 0 Å². The molecule has 0 aromatic heterocycles. The van der Waals surface area contributed by atoms with E-state index in [1.807, 2.05) is 12.2 Å². The van der Waals surface area contributed by atoms with Gasteiger partial charge in [-0.2, -0.15) is 0 Å². The number of carbonyl (C=O) groups is 1. The Hall–Kier alpha value is -1.84. The van der Waals surface area contributed by atoms with Gasteiger partial charge in [-0.1, -0.05) is 12.2 Å². The van der Waals surface area contributed by atoms with Gasteiger partial charge in [-0.25, -0.2) is 4.39 Å². The number of hydrogen-bond donors (Lipinski definition) is 1. The molecule has 1 aliphatic carbocycles. The molecule has 0 bridgehead atoms. The molecule has 0 amide bonds. The van der Waals surface area contributed by atoms with Gasteiger partial charge >= 0.3 is 5.97 Å². The molecule has 0 atom stereocenters. The van der Waals surface area contributed by atoms with Crippen LogP contribution in [0.15, 0.2) is 24.3 Å². The lowest BCUT2D eigenvalue weighted by Crippen LogP contribution is -2.33. The van der Waals surface area contributed by atoms with E-state index in [0.717, 1.165) is 0 Å². The summed E-state index contributed by atoms with van der Waals surface area (Å²) in [7, 11) is 1.45. The van der Waals surface area contributed by atoms with Crippen LogP contribution >= 0.6 is 0 Å². The lowest BCUT2D eigenvalue weighted by molar-refractivity contribution is -0.143. The van der Waals surface area contributed by atoms with Crippen LogP contribution in [0.25, 0.3) is 0 Å². The van der Waals surface area contributed by atoms with Gasteiger partial charge in [0.05, 0.1) is 12.5 Å². The SMILES string of the molecule is COc1cc(C2(C(=O)O)CC=CC2)cc(F)c1C. The van der Waals surface area contributed by atoms with Crippen molar-refractivity contribution in [2.75, 3.05) is 7.11 Å². The van der Waals surface area contributed by atoms with Crippen LogP contribution in [-0.2, 0) is 10.2 Å². The van der Waals surface area contributed by atoms with Crippen LogP contribution in [0.1, 0.15) is 24.0 Å². The second-order valence-electron chi connectivity index (χ2n) is 4.55. The zero-order chi connectivity index (χ0) is 13.3. The molecule has 0 aliphatic heterocycles. The molecular formula is C14H15FO3. The number of carboxylic acids is 1. The van der Waals surface area contributed by atoms with E-state index in [2.05, 4.69) is 0 Å². The number of allylic oxidation sites excluding steroid dienone is 2. The Bertz CT molecular complexity index is 512. The number of rotatable bonds is 3. The van der Waals surface area contributed by atoms with Crippen molar-refractivity contribution >= 4 is 5.97 Å². The van der Waals surface area contributed by atoms with E-state index in [1.165, 1.54) is 13.2 Å². The van der Waals surface area contributed by atoms with Gasteiger partial charge in [-0.15, -0.1) is 0 Å². The Kier molecular flexibility index (Phi) is 3.11. The van der Waals surface area contributed by atoms with Crippen molar-refractivity contribution in [1.29, 1.82) is 0 Å². The number of hydrogen-bond acceptors (Lipinski definition) is 2. The van der Waals surface area contributed by atoms with Gasteiger partial charge in [0.1, 0.15) is 11.6 Å². The minimum atomic E-state index is -1.05. The van der Waals surface area contributed by atoms with Crippen LogP contribution in [0.3, 0.4) is 0 Å². The monoisotopic (exact) mass is 250 g/mol. The third-order valence-corrected chi connectivity index (χ3v) is 3.58. The summed E-state index contributed by atoms with van der Waals surface area (Å²) in [6.07, 6.45) is 4.40. The third-order valence-electron chi connectivity index (χ3n) is 3.58. The first kappa shape index (κ1) is 12.6. The van der Waals surface area contributed by atoms with Crippen molar-refractivity contribution in [3.8, 4) is 5.75 Å². The first-order valence-corrected chi connectivity index (χ1v) is 5.74. The minimum Gasteiger partial charge on any atom is -0.496 e. The Morgan fingerprint density at radius 3 is 2.50 bits per heavy atom. The smallest absolute Gasteiger partial charge is 0.314 e. The summed E-state index contributed by atoms with van der Waals surface area (Å²) in [4.78, 5) is 11.5. The molecule has 0 spiro atoms. The largest absolute Gasteiger partial charge is 0.496 e. The average Bonchev–Trinajstić information content (AvgIpc) is 2.83. The van der Waals surface area contributed by atoms with Crippen LogP contribution in [0.4, 0.5) is 4.39 Å². The summed E-state index contributed by atoms with van der Waals surface area (Å²) in [5.74, 6) is -0.979. The van der Waals surface area contributed by atoms with Crippen molar-refractivity contribution in [2.45, 2.75) is 25.2 Å². The molecule has 1 aliphatic rings. The molecule has 0 saturated carbocycles. The highest BCUT2D eigenvalue weighted by molar-refractivity contribution is 5.83. The number of carboxylic acid groups (broad SMARTS) is 1. The van der Waals surface area contributed by atoms with E-state index < -0.39 is 17.2 Å². The van der Waals surface area contributed by atoms with Crippen LogP contribution in [0.2, 0.25) is 0 Å². The Balaban J connectivity index is 2.56. The molecule has 0 radical (unpaired) electrons. The summed E-state index contributed by atoms with van der Waals surface area (Å²) < 4.78 is 18.9. The van der Waals surface area contributed by atoms with Crippen molar-refractivity contribution < 1.29 is 19.0 Å². The van der Waals surface area contributed by atoms with E-state index in [-0.39, 0.29) is 0 Å². The molecule has 18 heavy (non-hydrogen) atoms. The van der Waals surface area contributed by atoms with Crippen LogP contribution in [-0.4, -0.2) is 18.2 Å². The highest BCUT2D eigenvalue weighted by Gasteiger charge is 2.41. The van der Waals surface area contributed by atoms with Crippen LogP contribution in [0.5, 0.6) is 5.75 Å². The fraction of sp³-hybridized carbons (Fsp3) is 0.357. The predicted octanol–water partition coefficient (Wildman–Crippen LogP) is 2.82. The maximum Gasteiger partial charge on any atom is 0.314 e. The summed E-state index contributed by atoms with van der Waals surface area (Å²) >= 11 is 0. The van der Waals surface area contributed by atoms with E-state index >= 15 is 0 Å². The molecule has 0 fully saturated rings. The van der Waals surface area contributed by atoms with Crippen molar-refractivity contribution in [1.82, 2.24) is 0 Å².